The first-order valence-corrected chi connectivity index (χ1v) is 21.3. The molecule has 2 aliphatic carbocycles. The number of benzene rings is 8. The van der Waals surface area contributed by atoms with Crippen LogP contribution in [0.4, 0.5) is 17.1 Å². The zero-order chi connectivity index (χ0) is 39.9. The minimum atomic E-state index is -0.117. The van der Waals surface area contributed by atoms with Crippen molar-refractivity contribution < 1.29 is 0 Å². The summed E-state index contributed by atoms with van der Waals surface area (Å²) < 4.78 is 0. The Morgan fingerprint density at radius 2 is 0.932 bits per heavy atom. The summed E-state index contributed by atoms with van der Waals surface area (Å²) in [6.45, 7) is 9.61. The maximum atomic E-state index is 4.81. The summed E-state index contributed by atoms with van der Waals surface area (Å²) in [6, 6.07) is 73.5. The Morgan fingerprint density at radius 1 is 0.458 bits per heavy atom. The second kappa shape index (κ2) is 15.2. The highest BCUT2D eigenvalue weighted by molar-refractivity contribution is 5.88. The SMILES string of the molecule is C=C1CC(CC)CC(C)C12c1ccccc1-c1cc(-c3cccc(-c4cccc(N(c5ccc(-c6ccccc6)cc5)c5ccc(-c6ccccc6)cc5)c4)c3)ccc12. The normalized spacial score (nSPS) is 18.0. The van der Waals surface area contributed by atoms with E-state index in [1.807, 2.05) is 0 Å². The van der Waals surface area contributed by atoms with Crippen molar-refractivity contribution in [3.63, 3.8) is 0 Å². The van der Waals surface area contributed by atoms with E-state index >= 15 is 0 Å². The van der Waals surface area contributed by atoms with Crippen molar-refractivity contribution in [1.82, 2.24) is 0 Å². The van der Waals surface area contributed by atoms with Crippen LogP contribution in [0.3, 0.4) is 0 Å². The van der Waals surface area contributed by atoms with Gasteiger partial charge in [0.15, 0.2) is 0 Å². The van der Waals surface area contributed by atoms with Crippen LogP contribution in [0.15, 0.2) is 212 Å². The van der Waals surface area contributed by atoms with E-state index in [0.717, 1.165) is 23.5 Å². The van der Waals surface area contributed by atoms with E-state index in [1.165, 1.54) is 85.2 Å². The van der Waals surface area contributed by atoms with Gasteiger partial charge in [-0.1, -0.05) is 184 Å². The molecule has 3 unspecified atom stereocenters. The Bertz CT molecular complexity index is 2700. The second-order valence-corrected chi connectivity index (χ2v) is 16.6. The predicted octanol–water partition coefficient (Wildman–Crippen LogP) is 16.1. The van der Waals surface area contributed by atoms with Gasteiger partial charge >= 0.3 is 0 Å². The van der Waals surface area contributed by atoms with Crippen molar-refractivity contribution >= 4 is 17.1 Å². The van der Waals surface area contributed by atoms with Crippen molar-refractivity contribution in [2.45, 2.75) is 38.5 Å². The average molecular weight is 760 g/mol. The lowest BCUT2D eigenvalue weighted by molar-refractivity contribution is 0.248. The molecule has 10 rings (SSSR count). The number of allylic oxidation sites excluding steroid dienone is 1. The smallest absolute Gasteiger partial charge is 0.0467 e. The molecule has 2 aliphatic rings. The fraction of sp³-hybridized carbons (Fsp3) is 0.138. The fourth-order valence-corrected chi connectivity index (χ4v) is 10.4. The highest BCUT2D eigenvalue weighted by Crippen LogP contribution is 2.61. The topological polar surface area (TPSA) is 3.24 Å². The summed E-state index contributed by atoms with van der Waals surface area (Å²) in [5.74, 6) is 1.22. The van der Waals surface area contributed by atoms with E-state index in [4.69, 9.17) is 6.58 Å². The number of nitrogens with zero attached hydrogens (tertiary/aromatic N) is 1. The standard InChI is InChI=1S/C58H49N/c1-4-42-35-40(2)58(41(3)36-42)56-24-12-11-23-54(56)55-39-50(29-34-57(55)58)48-20-13-19-47(37-48)49-21-14-22-53(38-49)59(51-30-25-45(26-31-51)43-15-7-5-8-16-43)52-32-27-46(28-33-52)44-17-9-6-10-18-44/h5-34,37-39,41-42H,2,4,35-36H2,1,3H3. The average Bonchev–Trinajstić information content (AvgIpc) is 3.60. The molecule has 0 amide bonds. The molecule has 1 spiro atoms. The molecule has 0 saturated heterocycles. The van der Waals surface area contributed by atoms with Gasteiger partial charge in [0.05, 0.1) is 0 Å². The van der Waals surface area contributed by atoms with Gasteiger partial charge in [0.1, 0.15) is 0 Å². The van der Waals surface area contributed by atoms with Crippen LogP contribution in [0.2, 0.25) is 0 Å². The molecule has 0 radical (unpaired) electrons. The summed E-state index contributed by atoms with van der Waals surface area (Å²) in [5.41, 5.74) is 19.9. The molecule has 8 aromatic carbocycles. The van der Waals surface area contributed by atoms with E-state index in [2.05, 4.69) is 219 Å². The Balaban J connectivity index is 1.02. The molecular weight excluding hydrogens is 711 g/mol. The van der Waals surface area contributed by atoms with E-state index < -0.39 is 0 Å². The van der Waals surface area contributed by atoms with Crippen molar-refractivity contribution in [2.24, 2.45) is 11.8 Å². The summed E-state index contributed by atoms with van der Waals surface area (Å²) >= 11 is 0. The molecule has 1 fully saturated rings. The monoisotopic (exact) mass is 759 g/mol. The number of fused-ring (bicyclic) bond motifs is 5. The fourth-order valence-electron chi connectivity index (χ4n) is 10.4. The molecule has 0 aliphatic heterocycles. The van der Waals surface area contributed by atoms with Gasteiger partial charge in [-0.25, -0.2) is 0 Å². The maximum absolute atomic E-state index is 4.81. The predicted molar refractivity (Wildman–Crippen MR) is 250 cm³/mol. The van der Waals surface area contributed by atoms with Crippen molar-refractivity contribution in [1.29, 1.82) is 0 Å². The zero-order valence-electron chi connectivity index (χ0n) is 34.0. The van der Waals surface area contributed by atoms with E-state index in [1.54, 1.807) is 0 Å². The highest BCUT2D eigenvalue weighted by Gasteiger charge is 2.51. The van der Waals surface area contributed by atoms with Gasteiger partial charge in [0.2, 0.25) is 0 Å². The second-order valence-electron chi connectivity index (χ2n) is 16.6. The largest absolute Gasteiger partial charge is 0.310 e. The number of hydrogen-bond acceptors (Lipinski definition) is 1. The molecule has 0 aromatic heterocycles. The van der Waals surface area contributed by atoms with Crippen LogP contribution in [0.5, 0.6) is 0 Å². The first-order valence-electron chi connectivity index (χ1n) is 21.3. The molecule has 8 aromatic rings. The van der Waals surface area contributed by atoms with Crippen LogP contribution in [-0.4, -0.2) is 0 Å². The molecule has 0 heterocycles. The Morgan fingerprint density at radius 3 is 1.53 bits per heavy atom. The van der Waals surface area contributed by atoms with Crippen LogP contribution in [0, 0.1) is 11.8 Å². The molecule has 1 saturated carbocycles. The van der Waals surface area contributed by atoms with Crippen LogP contribution in [-0.2, 0) is 5.41 Å². The first kappa shape index (κ1) is 36.6. The van der Waals surface area contributed by atoms with Gasteiger partial charge in [-0.05, 0) is 140 Å². The molecule has 0 bridgehead atoms. The van der Waals surface area contributed by atoms with Gasteiger partial charge in [0.25, 0.3) is 0 Å². The number of anilines is 3. The van der Waals surface area contributed by atoms with Crippen LogP contribution in [0.25, 0.3) is 55.6 Å². The van der Waals surface area contributed by atoms with Gasteiger partial charge in [0, 0.05) is 22.5 Å². The third-order valence-electron chi connectivity index (χ3n) is 13.3. The molecule has 1 heteroatoms. The lowest BCUT2D eigenvalue weighted by Gasteiger charge is -2.46. The lowest BCUT2D eigenvalue weighted by Crippen LogP contribution is -2.40. The van der Waals surface area contributed by atoms with Crippen molar-refractivity contribution in [2.75, 3.05) is 4.90 Å². The number of hydrogen-bond donors (Lipinski definition) is 0. The summed E-state index contributed by atoms with van der Waals surface area (Å²) in [7, 11) is 0. The molecule has 3 atom stereocenters. The van der Waals surface area contributed by atoms with Gasteiger partial charge in [-0.2, -0.15) is 0 Å². The van der Waals surface area contributed by atoms with Crippen molar-refractivity contribution in [3.8, 4) is 55.6 Å². The van der Waals surface area contributed by atoms with E-state index in [9.17, 15) is 0 Å². The van der Waals surface area contributed by atoms with E-state index in [-0.39, 0.29) is 5.41 Å². The molecule has 1 nitrogen and oxygen atoms in total. The van der Waals surface area contributed by atoms with Crippen LogP contribution >= 0.6 is 0 Å². The van der Waals surface area contributed by atoms with E-state index in [0.29, 0.717) is 11.8 Å². The third-order valence-corrected chi connectivity index (χ3v) is 13.3. The van der Waals surface area contributed by atoms with Gasteiger partial charge in [-0.15, -0.1) is 0 Å². The zero-order valence-corrected chi connectivity index (χ0v) is 34.0. The Hall–Kier alpha value is -6.70. The minimum Gasteiger partial charge on any atom is -0.310 e. The summed E-state index contributed by atoms with van der Waals surface area (Å²) in [5, 5.41) is 0. The summed E-state index contributed by atoms with van der Waals surface area (Å²) in [4.78, 5) is 2.37. The molecular formula is C58H49N. The van der Waals surface area contributed by atoms with Gasteiger partial charge < -0.3 is 4.90 Å². The van der Waals surface area contributed by atoms with Crippen molar-refractivity contribution in [3.05, 3.63) is 223 Å². The van der Waals surface area contributed by atoms with Crippen LogP contribution < -0.4 is 4.90 Å². The molecule has 0 N–H and O–H groups in total. The quantitative estimate of drug-likeness (QED) is 0.139. The first-order chi connectivity index (χ1) is 29.0. The third kappa shape index (κ3) is 6.43. The highest BCUT2D eigenvalue weighted by atomic mass is 15.1. The Labute approximate surface area is 350 Å². The van der Waals surface area contributed by atoms with Gasteiger partial charge in [-0.3, -0.25) is 0 Å². The lowest BCUT2D eigenvalue weighted by atomic mass is 9.57. The number of rotatable bonds is 8. The Kier molecular flexibility index (Phi) is 9.46. The molecule has 286 valence electrons. The maximum Gasteiger partial charge on any atom is 0.0467 e. The molecule has 59 heavy (non-hydrogen) atoms. The van der Waals surface area contributed by atoms with Crippen LogP contribution in [0.1, 0.15) is 44.2 Å². The summed E-state index contributed by atoms with van der Waals surface area (Å²) in [6.07, 6.45) is 3.56. The minimum absolute atomic E-state index is 0.117.